The predicted octanol–water partition coefficient (Wildman–Crippen LogP) is 4.42. The van der Waals surface area contributed by atoms with Crippen molar-refractivity contribution in [1.82, 2.24) is 14.8 Å². The standard InChI is InChI=1S/C18H24ClN3OS2/c1-12-15(25-17(20-12)18(2,3)4)16(23)22-9-7-21(8-10-22)11-13-5-6-14(19)24-13/h5-6H,7-11H2,1-4H3. The normalized spacial score (nSPS) is 16.4. The van der Waals surface area contributed by atoms with Gasteiger partial charge in [-0.05, 0) is 19.1 Å². The molecule has 0 spiro atoms. The first-order chi connectivity index (χ1) is 11.7. The van der Waals surface area contributed by atoms with Crippen molar-refractivity contribution < 1.29 is 4.79 Å². The SMILES string of the molecule is Cc1nc(C(C)(C)C)sc1C(=O)N1CCN(Cc2ccc(Cl)s2)CC1. The quantitative estimate of drug-likeness (QED) is 0.769. The Morgan fingerprint density at radius 1 is 1.20 bits per heavy atom. The van der Waals surface area contributed by atoms with Crippen LogP contribution in [0.5, 0.6) is 0 Å². The monoisotopic (exact) mass is 397 g/mol. The van der Waals surface area contributed by atoms with Gasteiger partial charge in [-0.25, -0.2) is 4.98 Å². The number of piperazine rings is 1. The summed E-state index contributed by atoms with van der Waals surface area (Å²) in [4.78, 5) is 23.9. The van der Waals surface area contributed by atoms with Crippen molar-refractivity contribution in [1.29, 1.82) is 0 Å². The summed E-state index contributed by atoms with van der Waals surface area (Å²) in [6, 6.07) is 4.03. The number of hydrogen-bond donors (Lipinski definition) is 0. The molecule has 3 heterocycles. The van der Waals surface area contributed by atoms with Gasteiger partial charge in [0, 0.05) is 43.0 Å². The number of aryl methyl sites for hydroxylation is 1. The lowest BCUT2D eigenvalue weighted by Gasteiger charge is -2.34. The van der Waals surface area contributed by atoms with Crippen LogP contribution in [0.2, 0.25) is 4.34 Å². The van der Waals surface area contributed by atoms with Crippen LogP contribution in [0.4, 0.5) is 0 Å². The van der Waals surface area contributed by atoms with E-state index < -0.39 is 0 Å². The fourth-order valence-electron chi connectivity index (χ4n) is 2.83. The van der Waals surface area contributed by atoms with Gasteiger partial charge in [0.2, 0.25) is 0 Å². The highest BCUT2D eigenvalue weighted by atomic mass is 35.5. The third-order valence-corrected chi connectivity index (χ3v) is 7.09. The Labute approximate surface area is 162 Å². The van der Waals surface area contributed by atoms with E-state index in [-0.39, 0.29) is 11.3 Å². The van der Waals surface area contributed by atoms with Crippen molar-refractivity contribution in [2.75, 3.05) is 26.2 Å². The first-order valence-electron chi connectivity index (χ1n) is 8.48. The molecular weight excluding hydrogens is 374 g/mol. The second kappa shape index (κ2) is 7.35. The van der Waals surface area contributed by atoms with Crippen LogP contribution >= 0.6 is 34.3 Å². The Balaban J connectivity index is 1.61. The predicted molar refractivity (Wildman–Crippen MR) is 106 cm³/mol. The largest absolute Gasteiger partial charge is 0.335 e. The van der Waals surface area contributed by atoms with Gasteiger partial charge in [-0.3, -0.25) is 9.69 Å². The number of thiazole rings is 1. The number of nitrogens with zero attached hydrogens (tertiary/aromatic N) is 3. The van der Waals surface area contributed by atoms with E-state index in [0.29, 0.717) is 0 Å². The number of rotatable bonds is 3. The molecule has 4 nitrogen and oxygen atoms in total. The third kappa shape index (κ3) is 4.42. The zero-order valence-electron chi connectivity index (χ0n) is 15.1. The third-order valence-electron chi connectivity index (χ3n) is 4.30. The minimum Gasteiger partial charge on any atom is -0.335 e. The van der Waals surface area contributed by atoms with Gasteiger partial charge >= 0.3 is 0 Å². The summed E-state index contributed by atoms with van der Waals surface area (Å²) in [6.07, 6.45) is 0. The number of aromatic nitrogens is 1. The van der Waals surface area contributed by atoms with Crippen molar-refractivity contribution in [3.8, 4) is 0 Å². The first-order valence-corrected chi connectivity index (χ1v) is 10.5. The van der Waals surface area contributed by atoms with Crippen molar-refractivity contribution in [2.45, 2.75) is 39.7 Å². The molecule has 1 aliphatic heterocycles. The van der Waals surface area contributed by atoms with Gasteiger partial charge in [0.05, 0.1) is 15.0 Å². The Kier molecular flexibility index (Phi) is 5.54. The maximum atomic E-state index is 12.9. The van der Waals surface area contributed by atoms with E-state index in [1.807, 2.05) is 17.9 Å². The van der Waals surface area contributed by atoms with Crippen molar-refractivity contribution in [3.05, 3.63) is 36.9 Å². The van der Waals surface area contributed by atoms with Crippen LogP contribution < -0.4 is 0 Å². The maximum absolute atomic E-state index is 12.9. The minimum atomic E-state index is -0.0192. The van der Waals surface area contributed by atoms with Gasteiger partial charge in [-0.15, -0.1) is 22.7 Å². The molecule has 3 rings (SSSR count). The molecule has 1 amide bonds. The van der Waals surface area contributed by atoms with E-state index in [1.165, 1.54) is 4.88 Å². The average molecular weight is 398 g/mol. The Morgan fingerprint density at radius 2 is 1.88 bits per heavy atom. The molecule has 0 bridgehead atoms. The Bertz CT molecular complexity index is 755. The topological polar surface area (TPSA) is 36.4 Å². The number of hydrogen-bond acceptors (Lipinski definition) is 5. The fraction of sp³-hybridized carbons (Fsp3) is 0.556. The van der Waals surface area contributed by atoms with Crippen LogP contribution in [-0.4, -0.2) is 46.9 Å². The number of halogens is 1. The number of carbonyl (C=O) groups is 1. The van der Waals surface area contributed by atoms with Crippen LogP contribution in [0.25, 0.3) is 0 Å². The summed E-state index contributed by atoms with van der Waals surface area (Å²) in [5.74, 6) is 0.129. The molecule has 0 saturated carbocycles. The van der Waals surface area contributed by atoms with Gasteiger partial charge in [0.15, 0.2) is 0 Å². The van der Waals surface area contributed by atoms with Crippen molar-refractivity contribution in [3.63, 3.8) is 0 Å². The summed E-state index contributed by atoms with van der Waals surface area (Å²) in [5, 5.41) is 1.03. The summed E-state index contributed by atoms with van der Waals surface area (Å²) in [6.45, 7) is 12.6. The molecule has 1 fully saturated rings. The molecule has 25 heavy (non-hydrogen) atoms. The molecule has 1 aliphatic rings. The first kappa shape index (κ1) is 18.8. The van der Waals surface area contributed by atoms with E-state index in [1.54, 1.807) is 22.7 Å². The number of amides is 1. The molecule has 0 atom stereocenters. The average Bonchev–Trinajstić information content (AvgIpc) is 3.13. The lowest BCUT2D eigenvalue weighted by atomic mass is 9.98. The van der Waals surface area contributed by atoms with Gasteiger partial charge in [0.25, 0.3) is 5.91 Å². The molecule has 0 unspecified atom stereocenters. The summed E-state index contributed by atoms with van der Waals surface area (Å²) in [5.41, 5.74) is 0.838. The van der Waals surface area contributed by atoms with E-state index in [2.05, 4.69) is 36.7 Å². The molecule has 2 aromatic heterocycles. The van der Waals surface area contributed by atoms with Crippen LogP contribution in [0, 0.1) is 6.92 Å². The molecule has 7 heteroatoms. The fourth-order valence-corrected chi connectivity index (χ4v) is 5.05. The molecule has 1 saturated heterocycles. The van der Waals surface area contributed by atoms with Gasteiger partial charge in [-0.2, -0.15) is 0 Å². The molecule has 136 valence electrons. The van der Waals surface area contributed by atoms with Crippen molar-refractivity contribution in [2.24, 2.45) is 0 Å². The smallest absolute Gasteiger partial charge is 0.265 e. The van der Waals surface area contributed by atoms with Gasteiger partial charge in [-0.1, -0.05) is 32.4 Å². The highest BCUT2D eigenvalue weighted by Crippen LogP contribution is 2.30. The van der Waals surface area contributed by atoms with E-state index in [9.17, 15) is 4.79 Å². The van der Waals surface area contributed by atoms with Crippen LogP contribution in [0.15, 0.2) is 12.1 Å². The zero-order valence-corrected chi connectivity index (χ0v) is 17.5. The second-order valence-corrected chi connectivity index (χ2v) is 10.3. The summed E-state index contributed by atoms with van der Waals surface area (Å²) in [7, 11) is 0. The van der Waals surface area contributed by atoms with Gasteiger partial charge in [0.1, 0.15) is 4.88 Å². The van der Waals surface area contributed by atoms with Crippen LogP contribution in [0.1, 0.15) is 46.0 Å². The molecule has 0 aromatic carbocycles. The highest BCUT2D eigenvalue weighted by molar-refractivity contribution is 7.16. The summed E-state index contributed by atoms with van der Waals surface area (Å²) >= 11 is 9.18. The highest BCUT2D eigenvalue weighted by Gasteiger charge is 2.28. The Hall–Kier alpha value is -0.950. The molecule has 0 aliphatic carbocycles. The molecule has 2 aromatic rings. The molecular formula is C18H24ClN3OS2. The minimum absolute atomic E-state index is 0.0192. The summed E-state index contributed by atoms with van der Waals surface area (Å²) < 4.78 is 0.833. The number of thiophene rings is 1. The number of carbonyl (C=O) groups excluding carboxylic acids is 1. The Morgan fingerprint density at radius 3 is 2.40 bits per heavy atom. The van der Waals surface area contributed by atoms with Crippen molar-refractivity contribution >= 4 is 40.2 Å². The van der Waals surface area contributed by atoms with E-state index >= 15 is 0 Å². The van der Waals surface area contributed by atoms with Crippen LogP contribution in [0.3, 0.4) is 0 Å². The molecule has 0 radical (unpaired) electrons. The van der Waals surface area contributed by atoms with Gasteiger partial charge < -0.3 is 4.90 Å². The lowest BCUT2D eigenvalue weighted by Crippen LogP contribution is -2.48. The maximum Gasteiger partial charge on any atom is 0.265 e. The van der Waals surface area contributed by atoms with E-state index in [0.717, 1.165) is 52.6 Å². The molecule has 0 N–H and O–H groups in total. The lowest BCUT2D eigenvalue weighted by molar-refractivity contribution is 0.0633. The van der Waals surface area contributed by atoms with Crippen LogP contribution in [-0.2, 0) is 12.0 Å². The second-order valence-electron chi connectivity index (χ2n) is 7.46. The zero-order chi connectivity index (χ0) is 18.2. The van der Waals surface area contributed by atoms with E-state index in [4.69, 9.17) is 11.6 Å².